The Kier molecular flexibility index (Phi) is 2.92. The van der Waals surface area contributed by atoms with Crippen molar-refractivity contribution in [3.8, 4) is 0 Å². The molecule has 0 atom stereocenters. The highest BCUT2D eigenvalue weighted by atomic mass is 15.2. The normalized spacial score (nSPS) is 10.2. The number of aromatic amines is 1. The number of imidazole rings is 1. The summed E-state index contributed by atoms with van der Waals surface area (Å²) in [7, 11) is 0. The molecule has 2 rings (SSSR count). The minimum atomic E-state index is 0.745. The molecule has 0 fully saturated rings. The van der Waals surface area contributed by atoms with Gasteiger partial charge in [-0.3, -0.25) is 0 Å². The van der Waals surface area contributed by atoms with Crippen molar-refractivity contribution in [2.75, 3.05) is 11.4 Å². The lowest BCUT2D eigenvalue weighted by Gasteiger charge is -2.19. The van der Waals surface area contributed by atoms with Crippen molar-refractivity contribution in [3.63, 3.8) is 0 Å². The summed E-state index contributed by atoms with van der Waals surface area (Å²) in [6.07, 6.45) is 6.98. The summed E-state index contributed by atoms with van der Waals surface area (Å²) >= 11 is 0. The summed E-state index contributed by atoms with van der Waals surface area (Å²) in [6, 6.07) is 1.81. The van der Waals surface area contributed by atoms with E-state index in [1.807, 2.05) is 12.3 Å². The summed E-state index contributed by atoms with van der Waals surface area (Å²) in [6.45, 7) is 3.69. The molecule has 0 aliphatic carbocycles. The Hall–Kier alpha value is -1.91. The van der Waals surface area contributed by atoms with Crippen molar-refractivity contribution in [1.82, 2.24) is 19.9 Å². The van der Waals surface area contributed by atoms with Crippen molar-refractivity contribution < 1.29 is 0 Å². The fraction of sp³-hybridized carbons (Fsp3) is 0.300. The molecule has 5 heteroatoms. The van der Waals surface area contributed by atoms with E-state index in [1.165, 1.54) is 0 Å². The van der Waals surface area contributed by atoms with E-state index in [4.69, 9.17) is 0 Å². The third-order valence-corrected chi connectivity index (χ3v) is 2.13. The molecule has 0 aliphatic heterocycles. The van der Waals surface area contributed by atoms with Crippen LogP contribution in [0.1, 0.15) is 12.6 Å². The van der Waals surface area contributed by atoms with Gasteiger partial charge in [-0.1, -0.05) is 0 Å². The number of anilines is 1. The van der Waals surface area contributed by atoms with Gasteiger partial charge in [0.2, 0.25) is 5.95 Å². The standard InChI is InChI=1S/C10H13N5/c1-2-15(7-9-6-11-8-14-9)10-12-4-3-5-13-10/h3-6,8H,2,7H2,1H3,(H,11,14). The van der Waals surface area contributed by atoms with Crippen molar-refractivity contribution >= 4 is 5.95 Å². The van der Waals surface area contributed by atoms with E-state index in [9.17, 15) is 0 Å². The van der Waals surface area contributed by atoms with E-state index in [0.717, 1.165) is 24.7 Å². The van der Waals surface area contributed by atoms with Gasteiger partial charge in [-0.2, -0.15) is 0 Å². The van der Waals surface area contributed by atoms with Gasteiger partial charge in [0.1, 0.15) is 0 Å². The smallest absolute Gasteiger partial charge is 0.225 e. The predicted octanol–water partition coefficient (Wildman–Crippen LogP) is 1.23. The summed E-state index contributed by atoms with van der Waals surface area (Å²) < 4.78 is 0. The molecular weight excluding hydrogens is 190 g/mol. The molecule has 1 N–H and O–H groups in total. The minimum absolute atomic E-state index is 0.745. The lowest BCUT2D eigenvalue weighted by molar-refractivity contribution is 0.778. The molecule has 0 saturated carbocycles. The summed E-state index contributed by atoms with van der Waals surface area (Å²) in [4.78, 5) is 17.5. The summed E-state index contributed by atoms with van der Waals surface area (Å²) in [5.74, 6) is 0.745. The quantitative estimate of drug-likeness (QED) is 0.811. The first-order valence-electron chi connectivity index (χ1n) is 4.89. The Morgan fingerprint density at radius 3 is 2.73 bits per heavy atom. The molecule has 2 heterocycles. The first-order valence-corrected chi connectivity index (χ1v) is 4.89. The van der Waals surface area contributed by atoms with Crippen molar-refractivity contribution in [2.24, 2.45) is 0 Å². The zero-order valence-electron chi connectivity index (χ0n) is 8.59. The van der Waals surface area contributed by atoms with Crippen LogP contribution in [0.25, 0.3) is 0 Å². The zero-order valence-corrected chi connectivity index (χ0v) is 8.59. The van der Waals surface area contributed by atoms with Crippen LogP contribution in [0.15, 0.2) is 31.0 Å². The molecular formula is C10H13N5. The molecule has 0 aliphatic rings. The lowest BCUT2D eigenvalue weighted by Crippen LogP contribution is -2.24. The highest BCUT2D eigenvalue weighted by Gasteiger charge is 2.07. The average molecular weight is 203 g/mol. The zero-order chi connectivity index (χ0) is 10.5. The number of rotatable bonds is 4. The molecule has 0 amide bonds. The fourth-order valence-corrected chi connectivity index (χ4v) is 1.36. The van der Waals surface area contributed by atoms with Crippen molar-refractivity contribution in [2.45, 2.75) is 13.5 Å². The Bertz CT molecular complexity index is 383. The SMILES string of the molecule is CCN(Cc1cnc[nH]1)c1ncccn1. The number of H-pyrrole nitrogens is 1. The fourth-order valence-electron chi connectivity index (χ4n) is 1.36. The van der Waals surface area contributed by atoms with E-state index in [-0.39, 0.29) is 0 Å². The van der Waals surface area contributed by atoms with E-state index in [0.29, 0.717) is 0 Å². The topological polar surface area (TPSA) is 57.7 Å². The molecule has 2 aromatic rings. The second-order valence-corrected chi connectivity index (χ2v) is 3.14. The van der Waals surface area contributed by atoms with Crippen LogP contribution < -0.4 is 4.90 Å². The largest absolute Gasteiger partial charge is 0.347 e. The van der Waals surface area contributed by atoms with Gasteiger partial charge in [0.15, 0.2) is 0 Å². The molecule has 0 unspecified atom stereocenters. The summed E-state index contributed by atoms with van der Waals surface area (Å²) in [5.41, 5.74) is 1.06. The van der Waals surface area contributed by atoms with Crippen LogP contribution in [0, 0.1) is 0 Å². The van der Waals surface area contributed by atoms with Crippen molar-refractivity contribution in [1.29, 1.82) is 0 Å². The molecule has 0 aromatic carbocycles. The lowest BCUT2D eigenvalue weighted by atomic mass is 10.4. The molecule has 5 nitrogen and oxygen atoms in total. The molecule has 0 saturated heterocycles. The number of aromatic nitrogens is 4. The maximum absolute atomic E-state index is 4.21. The monoisotopic (exact) mass is 203 g/mol. The number of hydrogen-bond acceptors (Lipinski definition) is 4. The molecule has 78 valence electrons. The van der Waals surface area contributed by atoms with Gasteiger partial charge in [-0.25, -0.2) is 15.0 Å². The first kappa shape index (κ1) is 9.64. The van der Waals surface area contributed by atoms with E-state index >= 15 is 0 Å². The van der Waals surface area contributed by atoms with E-state index in [2.05, 4.69) is 31.8 Å². The Morgan fingerprint density at radius 2 is 2.13 bits per heavy atom. The Balaban J connectivity index is 2.12. The Labute approximate surface area is 88.2 Å². The van der Waals surface area contributed by atoms with Crippen LogP contribution in [0.5, 0.6) is 0 Å². The van der Waals surface area contributed by atoms with Gasteiger partial charge in [0, 0.05) is 25.1 Å². The average Bonchev–Trinajstić information content (AvgIpc) is 2.80. The molecule has 15 heavy (non-hydrogen) atoms. The second-order valence-electron chi connectivity index (χ2n) is 3.14. The molecule has 0 bridgehead atoms. The van der Waals surface area contributed by atoms with Gasteiger partial charge >= 0.3 is 0 Å². The van der Waals surface area contributed by atoms with Crippen LogP contribution in [0.2, 0.25) is 0 Å². The van der Waals surface area contributed by atoms with Crippen LogP contribution >= 0.6 is 0 Å². The van der Waals surface area contributed by atoms with Crippen LogP contribution in [-0.4, -0.2) is 26.5 Å². The molecule has 0 spiro atoms. The van der Waals surface area contributed by atoms with Crippen LogP contribution in [0.4, 0.5) is 5.95 Å². The summed E-state index contributed by atoms with van der Waals surface area (Å²) in [5, 5.41) is 0. The first-order chi connectivity index (χ1) is 7.40. The maximum atomic E-state index is 4.21. The third kappa shape index (κ3) is 2.31. The van der Waals surface area contributed by atoms with Gasteiger partial charge < -0.3 is 9.88 Å². The Morgan fingerprint density at radius 1 is 1.33 bits per heavy atom. The van der Waals surface area contributed by atoms with Crippen LogP contribution in [0.3, 0.4) is 0 Å². The van der Waals surface area contributed by atoms with Gasteiger partial charge in [-0.05, 0) is 13.0 Å². The maximum Gasteiger partial charge on any atom is 0.225 e. The van der Waals surface area contributed by atoms with E-state index < -0.39 is 0 Å². The molecule has 2 aromatic heterocycles. The van der Waals surface area contributed by atoms with Crippen molar-refractivity contribution in [3.05, 3.63) is 36.7 Å². The second kappa shape index (κ2) is 4.54. The van der Waals surface area contributed by atoms with Gasteiger partial charge in [0.25, 0.3) is 0 Å². The number of hydrogen-bond donors (Lipinski definition) is 1. The third-order valence-electron chi connectivity index (χ3n) is 2.13. The predicted molar refractivity (Wildman–Crippen MR) is 57.3 cm³/mol. The highest BCUT2D eigenvalue weighted by molar-refractivity contribution is 5.28. The number of nitrogens with zero attached hydrogens (tertiary/aromatic N) is 4. The minimum Gasteiger partial charge on any atom is -0.347 e. The van der Waals surface area contributed by atoms with Gasteiger partial charge in [-0.15, -0.1) is 0 Å². The van der Waals surface area contributed by atoms with E-state index in [1.54, 1.807) is 18.7 Å². The molecule has 0 radical (unpaired) electrons. The number of nitrogens with one attached hydrogen (secondary N) is 1. The highest BCUT2D eigenvalue weighted by Crippen LogP contribution is 2.08. The van der Waals surface area contributed by atoms with Gasteiger partial charge in [0.05, 0.1) is 18.6 Å². The van der Waals surface area contributed by atoms with Crippen LogP contribution in [-0.2, 0) is 6.54 Å².